The standard InChI is InChI=1S/C14H14N2O5/c1-8(17)12-7-15-14(19)16(13(12)18)9-4-10(20-2)6-11(5-9)21-3/h4-7H,1-3H3,(H,15,19). The van der Waals surface area contributed by atoms with Gasteiger partial charge in [0, 0.05) is 24.4 Å². The number of Topliss-reactive ketones (excluding diaryl/α,β-unsaturated/α-hetero) is 1. The lowest BCUT2D eigenvalue weighted by Crippen LogP contribution is -2.36. The number of ketones is 1. The predicted octanol–water partition coefficient (Wildman–Crippen LogP) is 0.746. The van der Waals surface area contributed by atoms with Crippen LogP contribution in [0, 0.1) is 0 Å². The zero-order valence-electron chi connectivity index (χ0n) is 11.8. The third kappa shape index (κ3) is 2.71. The van der Waals surface area contributed by atoms with Gasteiger partial charge < -0.3 is 14.5 Å². The molecule has 1 aromatic carbocycles. The maximum Gasteiger partial charge on any atom is 0.333 e. The molecular formula is C14H14N2O5. The molecule has 0 atom stereocenters. The summed E-state index contributed by atoms with van der Waals surface area (Å²) in [6, 6.07) is 4.61. The van der Waals surface area contributed by atoms with E-state index in [4.69, 9.17) is 9.47 Å². The van der Waals surface area contributed by atoms with Gasteiger partial charge in [-0.2, -0.15) is 0 Å². The summed E-state index contributed by atoms with van der Waals surface area (Å²) in [5.74, 6) is 0.410. The number of hydrogen-bond acceptors (Lipinski definition) is 5. The normalized spacial score (nSPS) is 10.2. The molecule has 21 heavy (non-hydrogen) atoms. The Morgan fingerprint density at radius 2 is 1.67 bits per heavy atom. The molecule has 0 bridgehead atoms. The van der Waals surface area contributed by atoms with Crippen LogP contribution in [0.15, 0.2) is 34.0 Å². The molecule has 0 amide bonds. The van der Waals surface area contributed by atoms with E-state index in [0.29, 0.717) is 11.5 Å². The smallest absolute Gasteiger partial charge is 0.333 e. The van der Waals surface area contributed by atoms with Crippen LogP contribution in [0.5, 0.6) is 11.5 Å². The molecule has 0 unspecified atom stereocenters. The Bertz CT molecular complexity index is 781. The number of methoxy groups -OCH3 is 2. The molecule has 2 aromatic rings. The first kappa shape index (κ1) is 14.6. The highest BCUT2D eigenvalue weighted by molar-refractivity contribution is 5.93. The lowest BCUT2D eigenvalue weighted by molar-refractivity contribution is 0.101. The van der Waals surface area contributed by atoms with E-state index in [1.807, 2.05) is 0 Å². The molecule has 0 saturated heterocycles. The summed E-state index contributed by atoms with van der Waals surface area (Å²) in [5, 5.41) is 0. The first-order valence-electron chi connectivity index (χ1n) is 6.07. The van der Waals surface area contributed by atoms with Gasteiger partial charge in [-0.1, -0.05) is 0 Å². The van der Waals surface area contributed by atoms with Crippen LogP contribution in [0.25, 0.3) is 5.69 Å². The third-order valence-electron chi connectivity index (χ3n) is 2.95. The van der Waals surface area contributed by atoms with Crippen molar-refractivity contribution < 1.29 is 14.3 Å². The minimum atomic E-state index is -0.693. The molecule has 110 valence electrons. The molecule has 1 N–H and O–H groups in total. The maximum atomic E-state index is 12.3. The Morgan fingerprint density at radius 3 is 2.14 bits per heavy atom. The van der Waals surface area contributed by atoms with Crippen molar-refractivity contribution in [3.05, 3.63) is 50.8 Å². The highest BCUT2D eigenvalue weighted by Gasteiger charge is 2.14. The van der Waals surface area contributed by atoms with Gasteiger partial charge in [-0.05, 0) is 6.92 Å². The predicted molar refractivity (Wildman–Crippen MR) is 75.8 cm³/mol. The van der Waals surface area contributed by atoms with Crippen LogP contribution in [0.3, 0.4) is 0 Å². The number of rotatable bonds is 4. The third-order valence-corrected chi connectivity index (χ3v) is 2.95. The van der Waals surface area contributed by atoms with E-state index in [-0.39, 0.29) is 11.3 Å². The molecule has 0 radical (unpaired) electrons. The Labute approximate surface area is 119 Å². The van der Waals surface area contributed by atoms with Gasteiger partial charge in [-0.3, -0.25) is 9.59 Å². The van der Waals surface area contributed by atoms with E-state index >= 15 is 0 Å². The number of aromatic amines is 1. The van der Waals surface area contributed by atoms with Crippen LogP contribution >= 0.6 is 0 Å². The highest BCUT2D eigenvalue weighted by Crippen LogP contribution is 2.23. The second-order valence-electron chi connectivity index (χ2n) is 4.28. The molecule has 0 aliphatic carbocycles. The Kier molecular flexibility index (Phi) is 3.93. The summed E-state index contributed by atoms with van der Waals surface area (Å²) in [7, 11) is 2.91. The van der Waals surface area contributed by atoms with Crippen molar-refractivity contribution in [3.8, 4) is 17.2 Å². The fourth-order valence-electron chi connectivity index (χ4n) is 1.88. The fraction of sp³-hybridized carbons (Fsp3) is 0.214. The Morgan fingerprint density at radius 1 is 1.10 bits per heavy atom. The Hall–Kier alpha value is -2.83. The average Bonchev–Trinajstić information content (AvgIpc) is 2.46. The van der Waals surface area contributed by atoms with Gasteiger partial charge in [0.05, 0.1) is 25.5 Å². The molecule has 7 heteroatoms. The maximum absolute atomic E-state index is 12.3. The quantitative estimate of drug-likeness (QED) is 0.839. The van der Waals surface area contributed by atoms with Crippen LogP contribution in [0.1, 0.15) is 17.3 Å². The summed E-state index contributed by atoms with van der Waals surface area (Å²) >= 11 is 0. The van der Waals surface area contributed by atoms with Gasteiger partial charge in [0.1, 0.15) is 11.5 Å². The van der Waals surface area contributed by atoms with Crippen LogP contribution < -0.4 is 20.7 Å². The lowest BCUT2D eigenvalue weighted by Gasteiger charge is -2.10. The van der Waals surface area contributed by atoms with Gasteiger partial charge in [0.2, 0.25) is 0 Å². The van der Waals surface area contributed by atoms with Crippen molar-refractivity contribution in [1.82, 2.24) is 9.55 Å². The average molecular weight is 290 g/mol. The molecule has 0 saturated carbocycles. The number of aromatic nitrogens is 2. The molecule has 0 aliphatic heterocycles. The topological polar surface area (TPSA) is 90.4 Å². The molecule has 1 aromatic heterocycles. The molecule has 2 rings (SSSR count). The van der Waals surface area contributed by atoms with E-state index in [0.717, 1.165) is 10.8 Å². The number of benzene rings is 1. The van der Waals surface area contributed by atoms with Crippen molar-refractivity contribution >= 4 is 5.78 Å². The van der Waals surface area contributed by atoms with Gasteiger partial charge in [0.15, 0.2) is 5.78 Å². The molecule has 0 fully saturated rings. The summed E-state index contributed by atoms with van der Waals surface area (Å²) in [4.78, 5) is 38.0. The van der Waals surface area contributed by atoms with Crippen LogP contribution in [-0.4, -0.2) is 29.6 Å². The zero-order valence-corrected chi connectivity index (χ0v) is 11.8. The summed E-state index contributed by atoms with van der Waals surface area (Å²) in [6.45, 7) is 1.26. The van der Waals surface area contributed by atoms with E-state index < -0.39 is 17.0 Å². The van der Waals surface area contributed by atoms with Gasteiger partial charge in [-0.25, -0.2) is 9.36 Å². The summed E-state index contributed by atoms with van der Waals surface area (Å²) in [6.07, 6.45) is 1.11. The van der Waals surface area contributed by atoms with Gasteiger partial charge >= 0.3 is 5.69 Å². The SMILES string of the molecule is COc1cc(OC)cc(-n2c(=O)[nH]cc(C(C)=O)c2=O)c1. The minimum absolute atomic E-state index is 0.101. The lowest BCUT2D eigenvalue weighted by atomic mass is 10.2. The second kappa shape index (κ2) is 5.66. The van der Waals surface area contributed by atoms with Crippen molar-refractivity contribution in [2.24, 2.45) is 0 Å². The van der Waals surface area contributed by atoms with Gasteiger partial charge in [0.25, 0.3) is 5.56 Å². The molecular weight excluding hydrogens is 276 g/mol. The fourth-order valence-corrected chi connectivity index (χ4v) is 1.88. The van der Waals surface area contributed by atoms with Gasteiger partial charge in [-0.15, -0.1) is 0 Å². The molecule has 0 spiro atoms. The number of carbonyl (C=O) groups is 1. The summed E-state index contributed by atoms with van der Waals surface area (Å²) in [5.41, 5.74) is -1.20. The van der Waals surface area contributed by atoms with E-state index in [1.54, 1.807) is 6.07 Å². The van der Waals surface area contributed by atoms with Crippen molar-refractivity contribution in [2.45, 2.75) is 6.92 Å². The monoisotopic (exact) mass is 290 g/mol. The second-order valence-corrected chi connectivity index (χ2v) is 4.28. The van der Waals surface area contributed by atoms with E-state index in [9.17, 15) is 14.4 Å². The van der Waals surface area contributed by atoms with Crippen molar-refractivity contribution in [2.75, 3.05) is 14.2 Å². The zero-order chi connectivity index (χ0) is 15.6. The summed E-state index contributed by atoms with van der Waals surface area (Å²) < 4.78 is 11.1. The van der Waals surface area contributed by atoms with Crippen LogP contribution in [-0.2, 0) is 0 Å². The van der Waals surface area contributed by atoms with Crippen LogP contribution in [0.2, 0.25) is 0 Å². The number of nitrogens with zero attached hydrogens (tertiary/aromatic N) is 1. The molecule has 1 heterocycles. The van der Waals surface area contributed by atoms with Crippen LogP contribution in [0.4, 0.5) is 0 Å². The van der Waals surface area contributed by atoms with E-state index in [1.165, 1.54) is 33.3 Å². The minimum Gasteiger partial charge on any atom is -0.497 e. The number of ether oxygens (including phenoxy) is 2. The van der Waals surface area contributed by atoms with Crippen molar-refractivity contribution in [3.63, 3.8) is 0 Å². The highest BCUT2D eigenvalue weighted by atomic mass is 16.5. The number of carbonyl (C=O) groups excluding carboxylic acids is 1. The number of nitrogens with one attached hydrogen (secondary N) is 1. The van der Waals surface area contributed by atoms with E-state index in [2.05, 4.69) is 4.98 Å². The molecule has 0 aliphatic rings. The molecule has 7 nitrogen and oxygen atoms in total. The first-order chi connectivity index (χ1) is 9.97. The largest absolute Gasteiger partial charge is 0.497 e. The number of hydrogen-bond donors (Lipinski definition) is 1. The number of H-pyrrole nitrogens is 1. The van der Waals surface area contributed by atoms with Crippen molar-refractivity contribution in [1.29, 1.82) is 0 Å². The Balaban J connectivity index is 2.78. The first-order valence-corrected chi connectivity index (χ1v) is 6.07.